The van der Waals surface area contributed by atoms with Gasteiger partial charge in [-0.25, -0.2) is 0 Å². The van der Waals surface area contributed by atoms with Crippen LogP contribution in [0.25, 0.3) is 10.8 Å². The largest absolute Gasteiger partial charge is 0.481 e. The second-order valence-electron chi connectivity index (χ2n) is 12.2. The lowest BCUT2D eigenvalue weighted by molar-refractivity contribution is -0.139. The highest BCUT2D eigenvalue weighted by Crippen LogP contribution is 2.17. The van der Waals surface area contributed by atoms with Crippen LogP contribution in [0, 0.1) is 5.92 Å². The first-order valence-electron chi connectivity index (χ1n) is 16.4. The maximum Gasteiger partial charge on any atom is 0.303 e. The summed E-state index contributed by atoms with van der Waals surface area (Å²) >= 11 is 0. The van der Waals surface area contributed by atoms with E-state index in [-0.39, 0.29) is 26.1 Å². The van der Waals surface area contributed by atoms with Gasteiger partial charge in [0.2, 0.25) is 41.4 Å². The van der Waals surface area contributed by atoms with E-state index in [1.807, 2.05) is 36.4 Å². The van der Waals surface area contributed by atoms with Crippen LogP contribution in [-0.4, -0.2) is 101 Å². The summed E-state index contributed by atoms with van der Waals surface area (Å²) in [7, 11) is 0. The fourth-order valence-corrected chi connectivity index (χ4v) is 4.82. The van der Waals surface area contributed by atoms with E-state index in [0.717, 1.165) is 10.8 Å². The molecule has 0 aliphatic rings. The minimum Gasteiger partial charge on any atom is -0.481 e. The Morgan fingerprint density at radius 2 is 1.39 bits per heavy atom. The summed E-state index contributed by atoms with van der Waals surface area (Å²) in [4.78, 5) is 100. The van der Waals surface area contributed by atoms with Crippen LogP contribution in [0.4, 0.5) is 0 Å². The van der Waals surface area contributed by atoms with Crippen molar-refractivity contribution < 1.29 is 48.6 Å². The van der Waals surface area contributed by atoms with Crippen molar-refractivity contribution in [3.8, 4) is 0 Å². The molecule has 2 aromatic carbocycles. The van der Waals surface area contributed by atoms with E-state index in [9.17, 15) is 38.4 Å². The van der Waals surface area contributed by atoms with Crippen LogP contribution in [0.1, 0.15) is 52.0 Å². The number of hydrogen-bond donors (Lipinski definition) is 9. The number of carbonyl (C=O) groups is 8. The van der Waals surface area contributed by atoms with E-state index in [2.05, 4.69) is 31.9 Å². The van der Waals surface area contributed by atoms with Crippen LogP contribution < -0.4 is 37.6 Å². The second kappa shape index (κ2) is 20.8. The molecule has 17 heteroatoms. The normalized spacial score (nSPS) is 13.2. The highest BCUT2D eigenvalue weighted by molar-refractivity contribution is 5.97. The molecule has 0 radical (unpaired) electrons. The third-order valence-corrected chi connectivity index (χ3v) is 7.59. The van der Waals surface area contributed by atoms with Gasteiger partial charge in [0.05, 0.1) is 19.4 Å². The molecule has 0 saturated heterocycles. The first-order chi connectivity index (χ1) is 24.1. The highest BCUT2D eigenvalue weighted by Gasteiger charge is 2.31. The lowest BCUT2D eigenvalue weighted by atomic mass is 10.0. The lowest BCUT2D eigenvalue weighted by Crippen LogP contribution is -2.59. The first-order valence-corrected chi connectivity index (χ1v) is 16.4. The van der Waals surface area contributed by atoms with Crippen molar-refractivity contribution in [2.75, 3.05) is 19.7 Å². The number of carbonyl (C=O) groups excluding carboxylic acids is 7. The second-order valence-corrected chi connectivity index (χ2v) is 12.2. The van der Waals surface area contributed by atoms with Crippen molar-refractivity contribution in [3.63, 3.8) is 0 Å². The number of aliphatic hydroxyl groups excluding tert-OH is 1. The summed E-state index contributed by atoms with van der Waals surface area (Å²) in [5.41, 5.74) is 5.99. The van der Waals surface area contributed by atoms with E-state index in [1.165, 1.54) is 6.92 Å². The Balaban J connectivity index is 2.15. The number of carboxylic acids is 1. The van der Waals surface area contributed by atoms with Crippen LogP contribution in [0.5, 0.6) is 0 Å². The van der Waals surface area contributed by atoms with Gasteiger partial charge >= 0.3 is 5.97 Å². The van der Waals surface area contributed by atoms with Gasteiger partial charge < -0.3 is 47.8 Å². The number of aliphatic hydroxyl groups is 1. The molecule has 0 aliphatic heterocycles. The number of aliphatic carboxylic acids is 1. The van der Waals surface area contributed by atoms with Gasteiger partial charge in [0.1, 0.15) is 24.2 Å². The fraction of sp³-hybridized carbons (Fsp3) is 0.471. The molecule has 7 amide bonds. The van der Waals surface area contributed by atoms with Crippen molar-refractivity contribution in [1.29, 1.82) is 0 Å². The SMILES string of the molecule is CC(NC(=O)[C@H](CC(N)=O)NC(=O)[C@H](Cc1ccc2ccccc2c1)NC(=O)CCC(=O)O)C(=O)N[C@H](C(=O)NCC(=O)NCCCO)C(C)C. The minimum atomic E-state index is -1.58. The zero-order valence-electron chi connectivity index (χ0n) is 28.8. The standard InChI is InChI=1S/C34H47N7O10/c1-19(2)30(34(51)37-18-28(45)36-13-6-14-42)41-31(48)20(3)38-32(49)25(17-26(35)43)40-33(50)24(39-27(44)11-12-29(46)47)16-21-9-10-22-7-4-5-8-23(22)15-21/h4-5,7-10,15,19-20,24-25,30,42H,6,11-14,16-18H2,1-3H3,(H2,35,43)(H,36,45)(H,37,51)(H,38,49)(H,39,44)(H,40,50)(H,41,48)(H,46,47)/t20?,24-,25-,30-/m0/s1. The molecule has 2 aromatic rings. The van der Waals surface area contributed by atoms with Gasteiger partial charge in [-0.2, -0.15) is 0 Å². The average molecular weight is 714 g/mol. The lowest BCUT2D eigenvalue weighted by Gasteiger charge is -2.26. The number of rotatable bonds is 21. The minimum absolute atomic E-state index is 0.0534. The average Bonchev–Trinajstić information content (AvgIpc) is 3.07. The molecule has 0 heterocycles. The zero-order valence-corrected chi connectivity index (χ0v) is 28.8. The summed E-state index contributed by atoms with van der Waals surface area (Å²) in [6.07, 6.45) is -1.28. The van der Waals surface area contributed by atoms with Gasteiger partial charge in [0.25, 0.3) is 0 Å². The van der Waals surface area contributed by atoms with E-state index in [4.69, 9.17) is 15.9 Å². The van der Waals surface area contributed by atoms with Crippen LogP contribution >= 0.6 is 0 Å². The summed E-state index contributed by atoms with van der Waals surface area (Å²) in [5.74, 6) is -7.10. The molecule has 2 rings (SSSR count). The van der Waals surface area contributed by atoms with Crippen molar-refractivity contribution in [3.05, 3.63) is 48.0 Å². The molecule has 0 bridgehead atoms. The number of amides is 7. The number of hydrogen-bond acceptors (Lipinski definition) is 9. The molecule has 0 aliphatic carbocycles. The zero-order chi connectivity index (χ0) is 38.1. The molecule has 4 atom stereocenters. The topological polar surface area (TPSA) is 275 Å². The number of carboxylic acid groups (broad SMARTS) is 1. The van der Waals surface area contributed by atoms with E-state index < -0.39 is 96.7 Å². The number of nitrogens with one attached hydrogen (secondary N) is 6. The molecule has 278 valence electrons. The molecular formula is C34H47N7O10. The summed E-state index contributed by atoms with van der Waals surface area (Å²) in [5, 5.41) is 34.4. The molecule has 0 aromatic heterocycles. The van der Waals surface area contributed by atoms with Crippen molar-refractivity contribution >= 4 is 58.1 Å². The van der Waals surface area contributed by atoms with Gasteiger partial charge in [0.15, 0.2) is 0 Å². The third kappa shape index (κ3) is 14.8. The quantitative estimate of drug-likeness (QED) is 0.0665. The maximum absolute atomic E-state index is 13.5. The Kier molecular flexibility index (Phi) is 17.0. The number of nitrogens with two attached hydrogens (primary N) is 1. The molecule has 0 spiro atoms. The molecule has 0 fully saturated rings. The Morgan fingerprint density at radius 1 is 0.725 bits per heavy atom. The van der Waals surface area contributed by atoms with Crippen molar-refractivity contribution in [2.24, 2.45) is 11.7 Å². The van der Waals surface area contributed by atoms with Crippen LogP contribution in [0.2, 0.25) is 0 Å². The van der Waals surface area contributed by atoms with E-state index in [1.54, 1.807) is 19.9 Å². The number of benzene rings is 2. The summed E-state index contributed by atoms with van der Waals surface area (Å²) in [6, 6.07) is 7.60. The predicted octanol–water partition coefficient (Wildman–Crippen LogP) is -1.65. The van der Waals surface area contributed by atoms with Gasteiger partial charge in [-0.05, 0) is 35.6 Å². The highest BCUT2D eigenvalue weighted by atomic mass is 16.4. The molecule has 10 N–H and O–H groups in total. The van der Waals surface area contributed by atoms with Gasteiger partial charge in [-0.1, -0.05) is 56.3 Å². The molecular weight excluding hydrogens is 666 g/mol. The number of primary amides is 1. The van der Waals surface area contributed by atoms with Gasteiger partial charge in [-0.15, -0.1) is 0 Å². The Labute approximate surface area is 294 Å². The fourth-order valence-electron chi connectivity index (χ4n) is 4.82. The van der Waals surface area contributed by atoms with E-state index in [0.29, 0.717) is 12.0 Å². The first kappa shape index (κ1) is 41.6. The molecule has 0 saturated carbocycles. The monoisotopic (exact) mass is 713 g/mol. The number of fused-ring (bicyclic) bond motifs is 1. The summed E-state index contributed by atoms with van der Waals surface area (Å²) < 4.78 is 0. The molecule has 51 heavy (non-hydrogen) atoms. The smallest absolute Gasteiger partial charge is 0.303 e. The van der Waals surface area contributed by atoms with Crippen LogP contribution in [-0.2, 0) is 44.8 Å². The van der Waals surface area contributed by atoms with E-state index >= 15 is 0 Å². The Hall–Kier alpha value is -5.58. The summed E-state index contributed by atoms with van der Waals surface area (Å²) in [6.45, 7) is 4.36. The van der Waals surface area contributed by atoms with Crippen LogP contribution in [0.3, 0.4) is 0 Å². The Morgan fingerprint density at radius 3 is 2.02 bits per heavy atom. The molecule has 1 unspecified atom stereocenters. The maximum atomic E-state index is 13.5. The van der Waals surface area contributed by atoms with Gasteiger partial charge in [-0.3, -0.25) is 38.4 Å². The predicted molar refractivity (Wildman–Crippen MR) is 184 cm³/mol. The van der Waals surface area contributed by atoms with Gasteiger partial charge in [0, 0.05) is 26.0 Å². The third-order valence-electron chi connectivity index (χ3n) is 7.59. The van der Waals surface area contributed by atoms with Crippen LogP contribution in [0.15, 0.2) is 42.5 Å². The Bertz CT molecular complexity index is 1580. The van der Waals surface area contributed by atoms with Crippen molar-refractivity contribution in [1.82, 2.24) is 31.9 Å². The van der Waals surface area contributed by atoms with Crippen molar-refractivity contribution in [2.45, 2.75) is 77.0 Å². The molecule has 17 nitrogen and oxygen atoms in total.